The summed E-state index contributed by atoms with van der Waals surface area (Å²) in [5.41, 5.74) is 7.00. The first kappa shape index (κ1) is 31.8. The van der Waals surface area contributed by atoms with E-state index >= 15 is 0 Å². The molecule has 0 radical (unpaired) electrons. The molecule has 0 aliphatic carbocycles. The lowest BCUT2D eigenvalue weighted by atomic mass is 9.95. The standard InChI is InChI=1S/C50H28N6S/c1-2-14-29(15-3-1)45-41-28-42(46-47(56-57-55-46)44(41)38-24-12-13-25-43(38)51-45)50-53-48(39-26-30-16-4-6-18-32(30)34-20-8-10-22-36(34)39)52-49(54-50)40-27-31-17-5-7-19-33(31)35-21-9-11-23-37(35)40/h1-28H. The molecule has 0 spiro atoms. The molecule has 0 unspecified atom stereocenters. The number of rotatable bonds is 4. The van der Waals surface area contributed by atoms with E-state index in [2.05, 4.69) is 146 Å². The summed E-state index contributed by atoms with van der Waals surface area (Å²) in [6.45, 7) is 0. The molecular weight excluding hydrogens is 717 g/mol. The van der Waals surface area contributed by atoms with Crippen molar-refractivity contribution < 1.29 is 0 Å². The quantitative estimate of drug-likeness (QED) is 0.167. The molecule has 7 heteroatoms. The van der Waals surface area contributed by atoms with Gasteiger partial charge in [0, 0.05) is 38.4 Å². The topological polar surface area (TPSA) is 77.3 Å². The molecule has 3 aromatic heterocycles. The molecule has 0 saturated carbocycles. The number of aromatic nitrogens is 6. The van der Waals surface area contributed by atoms with E-state index in [1.54, 1.807) is 0 Å². The van der Waals surface area contributed by atoms with Crippen molar-refractivity contribution in [2.24, 2.45) is 0 Å². The van der Waals surface area contributed by atoms with Gasteiger partial charge < -0.3 is 0 Å². The summed E-state index contributed by atoms with van der Waals surface area (Å²) in [7, 11) is 0. The normalized spacial score (nSPS) is 11.9. The first-order valence-electron chi connectivity index (χ1n) is 18.9. The molecule has 0 amide bonds. The average molecular weight is 745 g/mol. The maximum atomic E-state index is 5.39. The fraction of sp³-hybridized carbons (Fsp3) is 0. The smallest absolute Gasteiger partial charge is 0.166 e. The zero-order valence-corrected chi connectivity index (χ0v) is 31.1. The van der Waals surface area contributed by atoms with Gasteiger partial charge in [-0.05, 0) is 67.4 Å². The molecular formula is C50H28N6S. The predicted octanol–water partition coefficient (Wildman–Crippen LogP) is 12.9. The number of para-hydroxylation sites is 1. The van der Waals surface area contributed by atoms with Crippen molar-refractivity contribution in [3.05, 3.63) is 170 Å². The van der Waals surface area contributed by atoms with Crippen molar-refractivity contribution in [1.29, 1.82) is 0 Å². The van der Waals surface area contributed by atoms with Gasteiger partial charge in [-0.25, -0.2) is 19.9 Å². The zero-order chi connectivity index (χ0) is 37.5. The number of benzene rings is 9. The maximum Gasteiger partial charge on any atom is 0.166 e. The summed E-state index contributed by atoms with van der Waals surface area (Å²) in [6.07, 6.45) is 0. The van der Waals surface area contributed by atoms with E-state index in [-0.39, 0.29) is 0 Å². The van der Waals surface area contributed by atoms with Crippen molar-refractivity contribution in [3.8, 4) is 45.4 Å². The van der Waals surface area contributed by atoms with E-state index in [0.717, 1.165) is 93.0 Å². The van der Waals surface area contributed by atoms with Crippen LogP contribution in [0.15, 0.2) is 170 Å². The van der Waals surface area contributed by atoms with E-state index < -0.39 is 0 Å². The number of fused-ring (bicyclic) bond motifs is 11. The first-order valence-corrected chi connectivity index (χ1v) is 19.6. The maximum absolute atomic E-state index is 5.39. The Kier molecular flexibility index (Phi) is 7.00. The fourth-order valence-electron chi connectivity index (χ4n) is 8.57. The molecule has 57 heavy (non-hydrogen) atoms. The van der Waals surface area contributed by atoms with Crippen LogP contribution in [0.2, 0.25) is 0 Å². The van der Waals surface area contributed by atoms with Crippen LogP contribution in [0.3, 0.4) is 0 Å². The molecule has 0 aliphatic heterocycles. The second-order valence-electron chi connectivity index (χ2n) is 14.3. The van der Waals surface area contributed by atoms with Crippen LogP contribution >= 0.6 is 11.7 Å². The molecule has 0 N–H and O–H groups in total. The van der Waals surface area contributed by atoms with E-state index in [1.165, 1.54) is 22.5 Å². The summed E-state index contributed by atoms with van der Waals surface area (Å²) in [4.78, 5) is 21.4. The lowest BCUT2D eigenvalue weighted by Crippen LogP contribution is -2.02. The molecule has 264 valence electrons. The summed E-state index contributed by atoms with van der Waals surface area (Å²) >= 11 is 1.20. The van der Waals surface area contributed by atoms with Crippen molar-refractivity contribution >= 4 is 87.5 Å². The van der Waals surface area contributed by atoms with Gasteiger partial charge in [-0.3, -0.25) is 0 Å². The Labute approximate surface area is 330 Å². The van der Waals surface area contributed by atoms with E-state index in [0.29, 0.717) is 17.5 Å². The van der Waals surface area contributed by atoms with Gasteiger partial charge in [-0.2, -0.15) is 8.75 Å². The second kappa shape index (κ2) is 12.5. The Hall–Kier alpha value is -7.48. The minimum Gasteiger partial charge on any atom is -0.247 e. The summed E-state index contributed by atoms with van der Waals surface area (Å²) < 4.78 is 9.91. The van der Waals surface area contributed by atoms with Gasteiger partial charge in [0.05, 0.1) is 22.9 Å². The van der Waals surface area contributed by atoms with Gasteiger partial charge in [0.2, 0.25) is 0 Å². The Morgan fingerprint density at radius 2 is 0.807 bits per heavy atom. The lowest BCUT2D eigenvalue weighted by Gasteiger charge is -2.15. The van der Waals surface area contributed by atoms with Crippen LogP contribution in [-0.2, 0) is 0 Å². The number of hydrogen-bond donors (Lipinski definition) is 0. The van der Waals surface area contributed by atoms with Crippen molar-refractivity contribution in [3.63, 3.8) is 0 Å². The molecule has 0 aliphatic rings. The molecule has 0 atom stereocenters. The van der Waals surface area contributed by atoms with Crippen LogP contribution in [0.25, 0.3) is 121 Å². The van der Waals surface area contributed by atoms with Gasteiger partial charge in [0.25, 0.3) is 0 Å². The van der Waals surface area contributed by atoms with E-state index in [4.69, 9.17) is 28.7 Å². The largest absolute Gasteiger partial charge is 0.247 e. The van der Waals surface area contributed by atoms with Gasteiger partial charge in [-0.1, -0.05) is 146 Å². The first-order chi connectivity index (χ1) is 28.3. The van der Waals surface area contributed by atoms with Crippen LogP contribution in [-0.4, -0.2) is 28.7 Å². The number of hydrogen-bond acceptors (Lipinski definition) is 7. The van der Waals surface area contributed by atoms with Gasteiger partial charge >= 0.3 is 0 Å². The highest BCUT2D eigenvalue weighted by atomic mass is 32.1. The molecule has 0 fully saturated rings. The Morgan fingerprint density at radius 3 is 1.42 bits per heavy atom. The van der Waals surface area contributed by atoms with Gasteiger partial charge in [0.15, 0.2) is 17.5 Å². The monoisotopic (exact) mass is 744 g/mol. The van der Waals surface area contributed by atoms with Crippen LogP contribution < -0.4 is 0 Å². The molecule has 0 saturated heterocycles. The van der Waals surface area contributed by atoms with E-state index in [9.17, 15) is 0 Å². The third kappa shape index (κ3) is 4.96. The van der Waals surface area contributed by atoms with Crippen LogP contribution in [0.5, 0.6) is 0 Å². The Balaban J connectivity index is 1.22. The predicted molar refractivity (Wildman–Crippen MR) is 235 cm³/mol. The highest BCUT2D eigenvalue weighted by molar-refractivity contribution is 7.00. The zero-order valence-electron chi connectivity index (χ0n) is 30.3. The van der Waals surface area contributed by atoms with Crippen LogP contribution in [0.4, 0.5) is 0 Å². The third-order valence-electron chi connectivity index (χ3n) is 11.1. The highest BCUT2D eigenvalue weighted by Gasteiger charge is 2.23. The lowest BCUT2D eigenvalue weighted by molar-refractivity contribution is 1.08. The number of nitrogens with zero attached hydrogens (tertiary/aromatic N) is 6. The minimum atomic E-state index is 0.524. The van der Waals surface area contributed by atoms with Gasteiger partial charge in [-0.15, -0.1) is 0 Å². The average Bonchev–Trinajstić information content (AvgIpc) is 3.78. The van der Waals surface area contributed by atoms with E-state index in [1.807, 2.05) is 24.3 Å². The molecule has 6 nitrogen and oxygen atoms in total. The molecule has 3 heterocycles. The third-order valence-corrected chi connectivity index (χ3v) is 11.7. The van der Waals surface area contributed by atoms with Gasteiger partial charge in [0.1, 0.15) is 11.0 Å². The van der Waals surface area contributed by atoms with Crippen LogP contribution in [0.1, 0.15) is 0 Å². The van der Waals surface area contributed by atoms with Crippen molar-refractivity contribution in [2.45, 2.75) is 0 Å². The fourth-order valence-corrected chi connectivity index (χ4v) is 9.13. The Morgan fingerprint density at radius 1 is 0.333 bits per heavy atom. The molecule has 12 aromatic rings. The second-order valence-corrected chi connectivity index (χ2v) is 14.9. The Bertz CT molecular complexity index is 3460. The summed E-state index contributed by atoms with van der Waals surface area (Å²) in [5, 5.41) is 12.1. The molecule has 0 bridgehead atoms. The van der Waals surface area contributed by atoms with Crippen molar-refractivity contribution in [1.82, 2.24) is 28.7 Å². The van der Waals surface area contributed by atoms with Crippen molar-refractivity contribution in [2.75, 3.05) is 0 Å². The summed E-state index contributed by atoms with van der Waals surface area (Å²) in [5.74, 6) is 1.70. The molecule has 9 aromatic carbocycles. The SMILES string of the molecule is c1ccc(-c2nc3ccccc3c3c2cc(-c2nc(-c4cc5ccccc5c5ccccc45)nc(-c4cc5ccccc5c5ccccc45)n2)c2nsnc23)cc1. The number of pyridine rings is 1. The highest BCUT2D eigenvalue weighted by Crippen LogP contribution is 2.42. The minimum absolute atomic E-state index is 0.524. The van der Waals surface area contributed by atoms with Crippen LogP contribution in [0, 0.1) is 0 Å². The summed E-state index contributed by atoms with van der Waals surface area (Å²) in [6, 6.07) is 59.2. The molecule has 12 rings (SSSR count).